The maximum absolute atomic E-state index is 13.0. The number of carbonyl (C=O) groups excluding carboxylic acids is 4. The lowest BCUT2D eigenvalue weighted by atomic mass is 9.80. The number of carbonyl (C=O) groups is 4. The third-order valence-electron chi connectivity index (χ3n) is 6.26. The summed E-state index contributed by atoms with van der Waals surface area (Å²) >= 11 is 12.5. The average Bonchev–Trinajstić information content (AvgIpc) is 3.07. The summed E-state index contributed by atoms with van der Waals surface area (Å²) in [6.45, 7) is 1.37. The van der Waals surface area contributed by atoms with E-state index in [9.17, 15) is 19.2 Å². The predicted molar refractivity (Wildman–Crippen MR) is 128 cm³/mol. The van der Waals surface area contributed by atoms with E-state index in [4.69, 9.17) is 27.9 Å². The second kappa shape index (κ2) is 10.2. The summed E-state index contributed by atoms with van der Waals surface area (Å²) in [5, 5.41) is 2.01. The Hall–Kier alpha value is -2.90. The Bertz CT molecular complexity index is 1080. The van der Waals surface area contributed by atoms with E-state index >= 15 is 0 Å². The Morgan fingerprint density at radius 1 is 1.00 bits per heavy atom. The molecule has 178 valence electrons. The molecule has 1 saturated heterocycles. The molecule has 34 heavy (non-hydrogen) atoms. The minimum atomic E-state index is -0.734. The Morgan fingerprint density at radius 3 is 2.24 bits per heavy atom. The molecule has 5 atom stereocenters. The van der Waals surface area contributed by atoms with Gasteiger partial charge in [0.15, 0.2) is 6.61 Å². The van der Waals surface area contributed by atoms with Gasteiger partial charge in [-0.15, -0.1) is 23.2 Å². The van der Waals surface area contributed by atoms with E-state index < -0.39 is 30.3 Å². The average molecular weight is 503 g/mol. The number of amides is 3. The normalized spacial score (nSPS) is 25.0. The molecule has 1 aliphatic carbocycles. The number of anilines is 1. The van der Waals surface area contributed by atoms with Gasteiger partial charge in [-0.3, -0.25) is 19.3 Å². The molecular formula is C25H24Cl2N2O5. The van der Waals surface area contributed by atoms with Crippen molar-refractivity contribution in [2.75, 3.05) is 11.5 Å². The first-order valence-corrected chi connectivity index (χ1v) is 11.9. The van der Waals surface area contributed by atoms with Crippen LogP contribution >= 0.6 is 23.2 Å². The van der Waals surface area contributed by atoms with Crippen LogP contribution in [0.5, 0.6) is 0 Å². The number of esters is 1. The summed E-state index contributed by atoms with van der Waals surface area (Å²) in [6.07, 6.45) is 0.666. The van der Waals surface area contributed by atoms with E-state index in [-0.39, 0.29) is 39.9 Å². The summed E-state index contributed by atoms with van der Waals surface area (Å²) in [4.78, 5) is 51.8. The number of nitrogens with one attached hydrogen (secondary N) is 1. The molecule has 0 spiro atoms. The summed E-state index contributed by atoms with van der Waals surface area (Å²) in [5.74, 6) is -2.90. The van der Waals surface area contributed by atoms with Crippen LogP contribution in [0.3, 0.4) is 0 Å². The molecule has 1 N–H and O–H groups in total. The number of imide groups is 1. The molecule has 1 aliphatic heterocycles. The van der Waals surface area contributed by atoms with Gasteiger partial charge < -0.3 is 10.1 Å². The maximum Gasteiger partial charge on any atom is 0.338 e. The fourth-order valence-electron chi connectivity index (χ4n) is 4.44. The Morgan fingerprint density at radius 2 is 1.62 bits per heavy atom. The number of hydrogen-bond donors (Lipinski definition) is 1. The van der Waals surface area contributed by atoms with Gasteiger partial charge in [0.2, 0.25) is 11.8 Å². The Labute approximate surface area is 207 Å². The largest absolute Gasteiger partial charge is 0.452 e. The SMILES string of the molecule is C[C@H](NC(=O)COC(=O)c1cccc(N2C(=O)[C@H]3C[C@H](Cl)[C@@H](Cl)C[C@H]3C2=O)c1)c1ccccc1. The van der Waals surface area contributed by atoms with Gasteiger partial charge in [-0.05, 0) is 43.5 Å². The van der Waals surface area contributed by atoms with Crippen LogP contribution in [0.1, 0.15) is 41.7 Å². The fraction of sp³-hybridized carbons (Fsp3) is 0.360. The van der Waals surface area contributed by atoms with Crippen LogP contribution < -0.4 is 10.2 Å². The van der Waals surface area contributed by atoms with Gasteiger partial charge in [-0.2, -0.15) is 0 Å². The summed E-state index contributed by atoms with van der Waals surface area (Å²) < 4.78 is 5.15. The smallest absolute Gasteiger partial charge is 0.338 e. The zero-order chi connectivity index (χ0) is 24.4. The highest BCUT2D eigenvalue weighted by Crippen LogP contribution is 2.43. The topological polar surface area (TPSA) is 92.8 Å². The Kier molecular flexibility index (Phi) is 7.24. The standard InChI is InChI=1S/C25H24Cl2N2O5/c1-14(15-6-3-2-4-7-15)28-22(30)13-34-25(33)16-8-5-9-17(10-16)29-23(31)18-11-20(26)21(27)12-19(18)24(29)32/h2-10,14,18-21H,11-13H2,1H3,(H,28,30)/t14-,18-,19+,20-,21-/m0/s1. The van der Waals surface area contributed by atoms with Crippen molar-refractivity contribution in [3.63, 3.8) is 0 Å². The van der Waals surface area contributed by atoms with Gasteiger partial charge in [-0.25, -0.2) is 4.79 Å². The van der Waals surface area contributed by atoms with E-state index in [0.717, 1.165) is 10.5 Å². The van der Waals surface area contributed by atoms with E-state index in [1.807, 2.05) is 37.3 Å². The van der Waals surface area contributed by atoms with Gasteiger partial charge >= 0.3 is 5.97 Å². The van der Waals surface area contributed by atoms with Crippen molar-refractivity contribution in [3.8, 4) is 0 Å². The van der Waals surface area contributed by atoms with Crippen molar-refractivity contribution < 1.29 is 23.9 Å². The molecule has 0 radical (unpaired) electrons. The van der Waals surface area contributed by atoms with Crippen LogP contribution in [-0.4, -0.2) is 41.1 Å². The first kappa shape index (κ1) is 24.2. The quantitative estimate of drug-likeness (QED) is 0.368. The van der Waals surface area contributed by atoms with Crippen LogP contribution in [0.2, 0.25) is 0 Å². The maximum atomic E-state index is 13.0. The Balaban J connectivity index is 1.39. The van der Waals surface area contributed by atoms with Crippen molar-refractivity contribution in [2.45, 2.75) is 36.6 Å². The number of benzene rings is 2. The van der Waals surface area contributed by atoms with Gasteiger partial charge in [0.1, 0.15) is 0 Å². The highest BCUT2D eigenvalue weighted by Gasteiger charge is 2.52. The zero-order valence-corrected chi connectivity index (χ0v) is 20.0. The van der Waals surface area contributed by atoms with Crippen molar-refractivity contribution in [1.82, 2.24) is 5.32 Å². The van der Waals surface area contributed by atoms with Gasteiger partial charge in [-0.1, -0.05) is 36.4 Å². The number of ether oxygens (including phenoxy) is 1. The van der Waals surface area contributed by atoms with Crippen molar-refractivity contribution >= 4 is 52.6 Å². The first-order valence-electron chi connectivity index (χ1n) is 11.0. The molecule has 9 heteroatoms. The summed E-state index contributed by atoms with van der Waals surface area (Å²) in [6, 6.07) is 15.2. The minimum Gasteiger partial charge on any atom is -0.452 e. The molecule has 1 heterocycles. The molecule has 2 aliphatic rings. The summed E-state index contributed by atoms with van der Waals surface area (Å²) in [5.41, 5.74) is 1.33. The minimum absolute atomic E-state index is 0.127. The van der Waals surface area contributed by atoms with E-state index in [2.05, 4.69) is 5.32 Å². The molecule has 2 aromatic carbocycles. The van der Waals surface area contributed by atoms with Gasteiger partial charge in [0, 0.05) is 0 Å². The first-order chi connectivity index (χ1) is 16.3. The number of hydrogen-bond acceptors (Lipinski definition) is 5. The molecule has 0 bridgehead atoms. The molecule has 3 amide bonds. The van der Waals surface area contributed by atoms with Crippen LogP contribution in [0.15, 0.2) is 54.6 Å². The van der Waals surface area contributed by atoms with E-state index in [1.165, 1.54) is 12.1 Å². The highest BCUT2D eigenvalue weighted by molar-refractivity contribution is 6.31. The van der Waals surface area contributed by atoms with Crippen molar-refractivity contribution in [2.24, 2.45) is 11.8 Å². The molecule has 0 unspecified atom stereocenters. The molecular weight excluding hydrogens is 479 g/mol. The van der Waals surface area contributed by atoms with E-state index in [1.54, 1.807) is 12.1 Å². The lowest BCUT2D eigenvalue weighted by molar-refractivity contribution is -0.125. The molecule has 1 saturated carbocycles. The molecule has 0 aromatic heterocycles. The summed E-state index contributed by atoms with van der Waals surface area (Å²) in [7, 11) is 0. The molecule has 2 fully saturated rings. The van der Waals surface area contributed by atoms with Gasteiger partial charge in [0.25, 0.3) is 5.91 Å². The third-order valence-corrected chi connectivity index (χ3v) is 7.36. The van der Waals surface area contributed by atoms with Crippen molar-refractivity contribution in [1.29, 1.82) is 0 Å². The number of fused-ring (bicyclic) bond motifs is 1. The highest BCUT2D eigenvalue weighted by atomic mass is 35.5. The van der Waals surface area contributed by atoms with Crippen LogP contribution in [0.4, 0.5) is 5.69 Å². The van der Waals surface area contributed by atoms with Crippen LogP contribution in [0.25, 0.3) is 0 Å². The second-order valence-corrected chi connectivity index (χ2v) is 9.68. The third kappa shape index (κ3) is 4.95. The number of halogens is 2. The van der Waals surface area contributed by atoms with Crippen LogP contribution in [-0.2, 0) is 19.1 Å². The number of nitrogens with zero attached hydrogens (tertiary/aromatic N) is 1. The van der Waals surface area contributed by atoms with Crippen LogP contribution in [0, 0.1) is 11.8 Å². The second-order valence-electron chi connectivity index (χ2n) is 8.55. The predicted octanol–water partition coefficient (Wildman–Crippen LogP) is 3.84. The lowest BCUT2D eigenvalue weighted by Crippen LogP contribution is -2.34. The lowest BCUT2D eigenvalue weighted by Gasteiger charge is -2.28. The monoisotopic (exact) mass is 502 g/mol. The molecule has 7 nitrogen and oxygen atoms in total. The molecule has 2 aromatic rings. The van der Waals surface area contributed by atoms with Gasteiger partial charge in [0.05, 0.1) is 39.9 Å². The fourth-order valence-corrected chi connectivity index (χ4v) is 5.03. The van der Waals surface area contributed by atoms with Crippen molar-refractivity contribution in [3.05, 3.63) is 65.7 Å². The number of alkyl halides is 2. The zero-order valence-electron chi connectivity index (χ0n) is 18.4. The number of rotatable bonds is 6. The van der Waals surface area contributed by atoms with E-state index in [0.29, 0.717) is 12.8 Å². The molecule has 4 rings (SSSR count).